The van der Waals surface area contributed by atoms with Gasteiger partial charge in [-0.2, -0.15) is 0 Å². The lowest BCUT2D eigenvalue weighted by Gasteiger charge is -2.06. The Bertz CT molecular complexity index is 451. The van der Waals surface area contributed by atoms with E-state index < -0.39 is 9.84 Å². The quantitative estimate of drug-likeness (QED) is 0.742. The molecule has 1 radical (unpaired) electrons. The molecule has 0 saturated carbocycles. The monoisotopic (exact) mass is 243 g/mol. The third-order valence-electron chi connectivity index (χ3n) is 2.07. The van der Waals surface area contributed by atoms with Gasteiger partial charge in [-0.05, 0) is 31.5 Å². The summed E-state index contributed by atoms with van der Waals surface area (Å²) >= 11 is 0. The second-order valence-electron chi connectivity index (χ2n) is 3.76. The average molecular weight is 243 g/mol. The van der Waals surface area contributed by atoms with Gasteiger partial charge in [0.1, 0.15) is 15.6 Å². The molecule has 0 unspecified atom stereocenters. The third kappa shape index (κ3) is 4.53. The number of aryl methyl sites for hydroxylation is 1. The Hall–Kier alpha value is -1.23. The minimum absolute atomic E-state index is 0.0246. The molecule has 1 aromatic carbocycles. The van der Waals surface area contributed by atoms with E-state index in [1.165, 1.54) is 12.3 Å². The van der Waals surface area contributed by atoms with Crippen LogP contribution in [-0.2, 0) is 14.9 Å². The van der Waals surface area contributed by atoms with Crippen LogP contribution in [0.25, 0.3) is 0 Å². The van der Waals surface area contributed by atoms with Crippen LogP contribution in [0.4, 0.5) is 0 Å². The van der Waals surface area contributed by atoms with Crippen molar-refractivity contribution in [1.29, 1.82) is 0 Å². The van der Waals surface area contributed by atoms with Gasteiger partial charge in [-0.15, -0.1) is 0 Å². The highest BCUT2D eigenvalue weighted by molar-refractivity contribution is 7.90. The Balaban J connectivity index is 2.41. The lowest BCUT2D eigenvalue weighted by atomic mass is 10.2. The molecule has 0 atom stereocenters. The number of hydrogen-bond acceptors (Lipinski definition) is 3. The molecule has 0 N–H and O–H groups in total. The highest BCUT2D eigenvalue weighted by Gasteiger charge is 2.03. The predicted molar refractivity (Wildman–Crippen MR) is 61.1 cm³/mol. The molecule has 1 aromatic rings. The molecular formula is C11H15O4S. The highest BCUT2D eigenvalue weighted by Crippen LogP contribution is 2.22. The Labute approximate surface area is 95.8 Å². The highest BCUT2D eigenvalue weighted by atomic mass is 32.2. The number of hydrogen-bond donors (Lipinski definition) is 0. The van der Waals surface area contributed by atoms with Crippen LogP contribution in [0.1, 0.15) is 12.0 Å². The van der Waals surface area contributed by atoms with Crippen LogP contribution in [0.15, 0.2) is 18.2 Å². The third-order valence-corrected chi connectivity index (χ3v) is 3.10. The van der Waals surface area contributed by atoms with Crippen molar-refractivity contribution in [3.05, 3.63) is 23.8 Å². The van der Waals surface area contributed by atoms with E-state index in [0.29, 0.717) is 24.3 Å². The van der Waals surface area contributed by atoms with Gasteiger partial charge in [0.2, 0.25) is 0 Å². The van der Waals surface area contributed by atoms with Gasteiger partial charge in [0.05, 0.1) is 12.4 Å². The van der Waals surface area contributed by atoms with E-state index in [0.717, 1.165) is 0 Å². The SMILES string of the molecule is Cc1cc(OCCCS(C)(=O)=O)ccc1[O]. The molecule has 0 spiro atoms. The fourth-order valence-electron chi connectivity index (χ4n) is 1.22. The zero-order chi connectivity index (χ0) is 12.2. The van der Waals surface area contributed by atoms with Crippen LogP contribution in [0.3, 0.4) is 0 Å². The molecule has 16 heavy (non-hydrogen) atoms. The van der Waals surface area contributed by atoms with Crippen LogP contribution in [0.2, 0.25) is 0 Å². The molecule has 89 valence electrons. The summed E-state index contributed by atoms with van der Waals surface area (Å²) in [6, 6.07) is 4.69. The molecule has 0 aliphatic heterocycles. The summed E-state index contributed by atoms with van der Waals surface area (Å²) in [6.07, 6.45) is 1.65. The molecule has 0 heterocycles. The fourth-order valence-corrected chi connectivity index (χ4v) is 1.87. The summed E-state index contributed by atoms with van der Waals surface area (Å²) in [6.45, 7) is 2.05. The van der Waals surface area contributed by atoms with E-state index in [-0.39, 0.29) is 11.5 Å². The fraction of sp³-hybridized carbons (Fsp3) is 0.455. The van der Waals surface area contributed by atoms with Gasteiger partial charge < -0.3 is 4.74 Å². The van der Waals surface area contributed by atoms with Gasteiger partial charge in [-0.1, -0.05) is 0 Å². The van der Waals surface area contributed by atoms with E-state index in [9.17, 15) is 13.5 Å². The van der Waals surface area contributed by atoms with Crippen LogP contribution >= 0.6 is 0 Å². The standard InChI is InChI=1S/C11H15O4S/c1-9-8-10(4-5-11(9)12)15-6-3-7-16(2,13)14/h4-5,8H,3,6-7H2,1-2H3. The molecule has 0 amide bonds. The van der Waals surface area contributed by atoms with E-state index in [1.807, 2.05) is 0 Å². The maximum absolute atomic E-state index is 11.1. The molecule has 0 bridgehead atoms. The molecular weight excluding hydrogens is 228 g/mol. The molecule has 0 saturated heterocycles. The first-order valence-corrected chi connectivity index (χ1v) is 7.03. The first-order valence-electron chi connectivity index (χ1n) is 4.97. The summed E-state index contributed by atoms with van der Waals surface area (Å²) in [5.74, 6) is 0.695. The zero-order valence-electron chi connectivity index (χ0n) is 9.39. The van der Waals surface area contributed by atoms with Crippen molar-refractivity contribution < 1.29 is 18.3 Å². The van der Waals surface area contributed by atoms with Gasteiger partial charge in [-0.3, -0.25) is 5.11 Å². The molecule has 0 fully saturated rings. The van der Waals surface area contributed by atoms with Crippen molar-refractivity contribution in [2.45, 2.75) is 13.3 Å². The van der Waals surface area contributed by atoms with E-state index >= 15 is 0 Å². The maximum atomic E-state index is 11.1. The summed E-state index contributed by atoms with van der Waals surface area (Å²) in [5.41, 5.74) is 0.626. The van der Waals surface area contributed by atoms with Crippen molar-refractivity contribution in [2.24, 2.45) is 0 Å². The number of ether oxygens (including phenoxy) is 1. The Morgan fingerprint density at radius 2 is 2.00 bits per heavy atom. The Morgan fingerprint density at radius 3 is 2.56 bits per heavy atom. The lowest BCUT2D eigenvalue weighted by Crippen LogP contribution is -2.07. The van der Waals surface area contributed by atoms with Crippen LogP contribution in [0, 0.1) is 6.92 Å². The zero-order valence-corrected chi connectivity index (χ0v) is 10.2. The Kier molecular flexibility index (Phi) is 4.18. The van der Waals surface area contributed by atoms with Crippen molar-refractivity contribution in [2.75, 3.05) is 18.6 Å². The van der Waals surface area contributed by atoms with Gasteiger partial charge in [0.25, 0.3) is 0 Å². The lowest BCUT2D eigenvalue weighted by molar-refractivity contribution is 0.314. The number of sulfone groups is 1. The number of benzene rings is 1. The molecule has 0 aliphatic rings. The van der Waals surface area contributed by atoms with Gasteiger partial charge in [-0.25, -0.2) is 8.42 Å². The Morgan fingerprint density at radius 1 is 1.31 bits per heavy atom. The van der Waals surface area contributed by atoms with Crippen LogP contribution in [-0.4, -0.2) is 27.0 Å². The van der Waals surface area contributed by atoms with Crippen LogP contribution < -0.4 is 4.74 Å². The van der Waals surface area contributed by atoms with E-state index in [4.69, 9.17) is 4.74 Å². The maximum Gasteiger partial charge on any atom is 0.181 e. The van der Waals surface area contributed by atoms with Crippen molar-refractivity contribution in [3.63, 3.8) is 0 Å². The normalized spacial score (nSPS) is 11.4. The van der Waals surface area contributed by atoms with Crippen molar-refractivity contribution in [1.82, 2.24) is 0 Å². The summed E-state index contributed by atoms with van der Waals surface area (Å²) in [4.78, 5) is 0. The minimum atomic E-state index is -2.92. The molecule has 4 nitrogen and oxygen atoms in total. The van der Waals surface area contributed by atoms with E-state index in [2.05, 4.69) is 0 Å². The molecule has 0 aromatic heterocycles. The van der Waals surface area contributed by atoms with Crippen molar-refractivity contribution in [3.8, 4) is 11.5 Å². The second-order valence-corrected chi connectivity index (χ2v) is 6.02. The van der Waals surface area contributed by atoms with Gasteiger partial charge >= 0.3 is 0 Å². The van der Waals surface area contributed by atoms with Crippen LogP contribution in [0.5, 0.6) is 11.5 Å². The molecule has 0 aliphatic carbocycles. The first-order chi connectivity index (χ1) is 7.38. The summed E-state index contributed by atoms with van der Waals surface area (Å²) < 4.78 is 27.0. The number of rotatable bonds is 5. The second kappa shape index (κ2) is 5.21. The van der Waals surface area contributed by atoms with Gasteiger partial charge in [0.15, 0.2) is 5.75 Å². The topological polar surface area (TPSA) is 63.3 Å². The van der Waals surface area contributed by atoms with E-state index in [1.54, 1.807) is 19.1 Å². The molecule has 5 heteroatoms. The predicted octanol–water partition coefficient (Wildman–Crippen LogP) is 1.95. The largest absolute Gasteiger partial charge is 0.494 e. The molecule has 1 rings (SSSR count). The smallest absolute Gasteiger partial charge is 0.181 e. The van der Waals surface area contributed by atoms with Gasteiger partial charge in [0, 0.05) is 11.8 Å². The summed E-state index contributed by atoms with van der Waals surface area (Å²) in [5, 5.41) is 11.1. The first kappa shape index (κ1) is 12.8. The van der Waals surface area contributed by atoms with Crippen molar-refractivity contribution >= 4 is 9.84 Å². The summed E-state index contributed by atoms with van der Waals surface area (Å²) in [7, 11) is -2.92. The average Bonchev–Trinajstić information content (AvgIpc) is 2.17. The minimum Gasteiger partial charge on any atom is -0.494 e.